The van der Waals surface area contributed by atoms with E-state index >= 15 is 0 Å². The average molecular weight is 223 g/mol. The lowest BCUT2D eigenvalue weighted by Gasteiger charge is -2.03. The van der Waals surface area contributed by atoms with Gasteiger partial charge in [0.1, 0.15) is 0 Å². The molecule has 0 bridgehead atoms. The molecule has 0 aromatic heterocycles. The highest BCUT2D eigenvalue weighted by Gasteiger charge is 1.97. The molecule has 0 amide bonds. The second kappa shape index (κ2) is 4.33. The van der Waals surface area contributed by atoms with Crippen molar-refractivity contribution in [2.45, 2.75) is 19.8 Å². The summed E-state index contributed by atoms with van der Waals surface area (Å²) in [5, 5.41) is 0. The van der Waals surface area contributed by atoms with Gasteiger partial charge in [-0.05, 0) is 36.6 Å². The molecule has 1 rings (SSSR count). The van der Waals surface area contributed by atoms with E-state index < -0.39 is 0 Å². The molecule has 12 heavy (non-hydrogen) atoms. The highest BCUT2D eigenvalue weighted by atomic mass is 79.9. The highest BCUT2D eigenvalue weighted by Crippen LogP contribution is 2.16. The van der Waals surface area contributed by atoms with Gasteiger partial charge in [-0.2, -0.15) is 0 Å². The maximum absolute atomic E-state index is 5.20. The lowest BCUT2D eigenvalue weighted by atomic mass is 10.0. The van der Waals surface area contributed by atoms with E-state index in [9.17, 15) is 0 Å². The van der Waals surface area contributed by atoms with Gasteiger partial charge in [0.2, 0.25) is 0 Å². The Labute approximate surface area is 82.1 Å². The smallest absolute Gasteiger partial charge is 0.0178 e. The third-order valence-corrected chi connectivity index (χ3v) is 2.34. The molecule has 62 valence electrons. The van der Waals surface area contributed by atoms with Crippen LogP contribution >= 0.6 is 15.9 Å². The predicted molar refractivity (Wildman–Crippen MR) is 56.0 cm³/mol. The Morgan fingerprint density at radius 3 is 2.92 bits per heavy atom. The van der Waals surface area contributed by atoms with Gasteiger partial charge in [0.05, 0.1) is 0 Å². The van der Waals surface area contributed by atoms with E-state index in [1.165, 1.54) is 11.1 Å². The summed E-state index contributed by atoms with van der Waals surface area (Å²) in [5.41, 5.74) is 2.65. The number of terminal acetylenes is 1. The fourth-order valence-corrected chi connectivity index (χ4v) is 1.52. The van der Waals surface area contributed by atoms with Crippen LogP contribution in [-0.4, -0.2) is 0 Å². The largest absolute Gasteiger partial charge is 0.120 e. The number of benzene rings is 1. The zero-order valence-corrected chi connectivity index (χ0v) is 8.69. The van der Waals surface area contributed by atoms with Crippen LogP contribution in [-0.2, 0) is 6.42 Å². The highest BCUT2D eigenvalue weighted by molar-refractivity contribution is 9.10. The van der Waals surface area contributed by atoms with Crippen LogP contribution in [0.5, 0.6) is 0 Å². The van der Waals surface area contributed by atoms with Crippen molar-refractivity contribution in [1.82, 2.24) is 0 Å². The molecule has 0 aliphatic heterocycles. The Kier molecular flexibility index (Phi) is 3.37. The molecule has 0 unspecified atom stereocenters. The Bertz CT molecular complexity index is 307. The van der Waals surface area contributed by atoms with Gasteiger partial charge in [0, 0.05) is 10.9 Å². The van der Waals surface area contributed by atoms with E-state index in [4.69, 9.17) is 6.42 Å². The molecule has 0 atom stereocenters. The third kappa shape index (κ3) is 2.39. The maximum atomic E-state index is 5.20. The first-order valence-corrected chi connectivity index (χ1v) is 4.72. The van der Waals surface area contributed by atoms with Crippen molar-refractivity contribution in [3.63, 3.8) is 0 Å². The molecule has 0 nitrogen and oxygen atoms in total. The van der Waals surface area contributed by atoms with Crippen molar-refractivity contribution < 1.29 is 0 Å². The minimum atomic E-state index is 0.817. The zero-order chi connectivity index (χ0) is 8.97. The average Bonchev–Trinajstić information content (AvgIpc) is 2.07. The van der Waals surface area contributed by atoms with E-state index in [1.54, 1.807) is 0 Å². The van der Waals surface area contributed by atoms with Crippen LogP contribution in [0.2, 0.25) is 0 Å². The zero-order valence-electron chi connectivity index (χ0n) is 7.10. The van der Waals surface area contributed by atoms with Crippen molar-refractivity contribution in [1.29, 1.82) is 0 Å². The van der Waals surface area contributed by atoms with Crippen LogP contribution < -0.4 is 0 Å². The summed E-state index contributed by atoms with van der Waals surface area (Å²) in [6.45, 7) is 2.11. The van der Waals surface area contributed by atoms with Crippen molar-refractivity contribution in [2.24, 2.45) is 0 Å². The van der Waals surface area contributed by atoms with Crippen molar-refractivity contribution >= 4 is 15.9 Å². The molecule has 0 fully saturated rings. The standard InChI is InChI=1S/C11H11Br/c1-3-4-5-10-8-11(12)7-6-9(10)2/h1,6-8H,4-5H2,2H3. The maximum Gasteiger partial charge on any atom is 0.0178 e. The number of hydrogen-bond donors (Lipinski definition) is 0. The van der Waals surface area contributed by atoms with Crippen molar-refractivity contribution in [3.05, 3.63) is 33.8 Å². The van der Waals surface area contributed by atoms with Crippen LogP contribution in [0.3, 0.4) is 0 Å². The molecular formula is C11H11Br. The minimum absolute atomic E-state index is 0.817. The van der Waals surface area contributed by atoms with Crippen molar-refractivity contribution in [3.8, 4) is 12.3 Å². The van der Waals surface area contributed by atoms with Gasteiger partial charge in [0.25, 0.3) is 0 Å². The lowest BCUT2D eigenvalue weighted by molar-refractivity contribution is 1.01. The fraction of sp³-hybridized carbons (Fsp3) is 0.273. The van der Waals surface area contributed by atoms with Gasteiger partial charge in [-0.25, -0.2) is 0 Å². The first-order valence-electron chi connectivity index (χ1n) is 3.92. The third-order valence-electron chi connectivity index (χ3n) is 1.85. The summed E-state index contributed by atoms with van der Waals surface area (Å²) in [4.78, 5) is 0. The molecule has 0 spiro atoms. The fourth-order valence-electron chi connectivity index (χ4n) is 1.12. The summed E-state index contributed by atoms with van der Waals surface area (Å²) in [6.07, 6.45) is 6.99. The Hall–Kier alpha value is -0.740. The molecule has 1 aromatic carbocycles. The summed E-state index contributed by atoms with van der Waals surface area (Å²) >= 11 is 3.44. The summed E-state index contributed by atoms with van der Waals surface area (Å²) in [6, 6.07) is 6.29. The van der Waals surface area contributed by atoms with Gasteiger partial charge in [-0.3, -0.25) is 0 Å². The quantitative estimate of drug-likeness (QED) is 0.674. The van der Waals surface area contributed by atoms with E-state index in [0.717, 1.165) is 17.3 Å². The molecule has 0 aliphatic carbocycles. The van der Waals surface area contributed by atoms with Crippen LogP contribution in [0.4, 0.5) is 0 Å². The molecule has 1 heteroatoms. The molecule has 0 saturated carbocycles. The normalized spacial score (nSPS) is 9.42. The second-order valence-corrected chi connectivity index (χ2v) is 3.69. The molecule has 0 aliphatic rings. The summed E-state index contributed by atoms with van der Waals surface area (Å²) in [5.74, 6) is 2.65. The molecular weight excluding hydrogens is 212 g/mol. The summed E-state index contributed by atoms with van der Waals surface area (Å²) < 4.78 is 1.13. The Morgan fingerprint density at radius 1 is 1.50 bits per heavy atom. The molecule has 0 heterocycles. The molecule has 0 radical (unpaired) electrons. The first kappa shape index (κ1) is 9.35. The SMILES string of the molecule is C#CCCc1cc(Br)ccc1C. The van der Waals surface area contributed by atoms with Gasteiger partial charge < -0.3 is 0 Å². The van der Waals surface area contributed by atoms with Gasteiger partial charge in [0.15, 0.2) is 0 Å². The monoisotopic (exact) mass is 222 g/mol. The Balaban J connectivity index is 2.84. The number of aryl methyl sites for hydroxylation is 2. The van der Waals surface area contributed by atoms with Gasteiger partial charge in [-0.1, -0.05) is 22.0 Å². The molecule has 0 N–H and O–H groups in total. The summed E-state index contributed by atoms with van der Waals surface area (Å²) in [7, 11) is 0. The second-order valence-electron chi connectivity index (χ2n) is 2.77. The predicted octanol–water partition coefficient (Wildman–Crippen LogP) is 3.32. The van der Waals surface area contributed by atoms with Gasteiger partial charge in [-0.15, -0.1) is 12.3 Å². The number of hydrogen-bond acceptors (Lipinski definition) is 0. The van der Waals surface area contributed by atoms with Crippen LogP contribution in [0.15, 0.2) is 22.7 Å². The van der Waals surface area contributed by atoms with Crippen molar-refractivity contribution in [2.75, 3.05) is 0 Å². The van der Waals surface area contributed by atoms with Crippen LogP contribution in [0, 0.1) is 19.3 Å². The number of rotatable bonds is 2. The molecule has 0 saturated heterocycles. The minimum Gasteiger partial charge on any atom is -0.120 e. The van der Waals surface area contributed by atoms with Crippen LogP contribution in [0.25, 0.3) is 0 Å². The topological polar surface area (TPSA) is 0 Å². The van der Waals surface area contributed by atoms with E-state index in [0.29, 0.717) is 0 Å². The van der Waals surface area contributed by atoms with Crippen LogP contribution in [0.1, 0.15) is 17.5 Å². The molecule has 1 aromatic rings. The Morgan fingerprint density at radius 2 is 2.25 bits per heavy atom. The first-order chi connectivity index (χ1) is 5.74. The van der Waals surface area contributed by atoms with E-state index in [2.05, 4.69) is 47.0 Å². The van der Waals surface area contributed by atoms with E-state index in [1.807, 2.05) is 0 Å². The van der Waals surface area contributed by atoms with Gasteiger partial charge >= 0.3 is 0 Å². The lowest BCUT2D eigenvalue weighted by Crippen LogP contribution is -1.88. The van der Waals surface area contributed by atoms with E-state index in [-0.39, 0.29) is 0 Å². The number of halogens is 1.